The summed E-state index contributed by atoms with van der Waals surface area (Å²) in [6.45, 7) is 6.81. The largest absolute Gasteiger partial charge is 0.369 e. The first kappa shape index (κ1) is 11.0. The summed E-state index contributed by atoms with van der Waals surface area (Å²) in [6, 6.07) is 0. The van der Waals surface area contributed by atoms with Crippen LogP contribution in [0.5, 0.6) is 0 Å². The first-order valence-corrected chi connectivity index (χ1v) is 6.25. The molecule has 3 nitrogen and oxygen atoms in total. The van der Waals surface area contributed by atoms with Crippen molar-refractivity contribution >= 4 is 11.3 Å². The van der Waals surface area contributed by atoms with Crippen molar-refractivity contribution in [3.05, 3.63) is 16.1 Å². The van der Waals surface area contributed by atoms with Crippen LogP contribution >= 0.6 is 11.3 Å². The van der Waals surface area contributed by atoms with Gasteiger partial charge in [-0.25, -0.2) is 4.98 Å². The van der Waals surface area contributed by atoms with Gasteiger partial charge in [-0.2, -0.15) is 0 Å². The Hall–Kier alpha value is -0.450. The predicted octanol–water partition coefficient (Wildman–Crippen LogP) is 2.36. The molecule has 4 heteroatoms. The van der Waals surface area contributed by atoms with Crippen LogP contribution in [-0.4, -0.2) is 11.6 Å². The van der Waals surface area contributed by atoms with Gasteiger partial charge in [0.05, 0.1) is 11.2 Å². The summed E-state index contributed by atoms with van der Waals surface area (Å²) in [4.78, 5) is 4.60. The molecule has 1 fully saturated rings. The Kier molecular flexibility index (Phi) is 2.61. The lowest BCUT2D eigenvalue weighted by Gasteiger charge is -2.21. The third kappa shape index (κ3) is 2.07. The van der Waals surface area contributed by atoms with Crippen LogP contribution in [0.25, 0.3) is 0 Å². The van der Waals surface area contributed by atoms with Gasteiger partial charge in [-0.3, -0.25) is 0 Å². The van der Waals surface area contributed by atoms with Gasteiger partial charge in [0.25, 0.3) is 0 Å². The van der Waals surface area contributed by atoms with Crippen molar-refractivity contribution in [1.82, 2.24) is 4.98 Å². The molecule has 1 heterocycles. The van der Waals surface area contributed by atoms with E-state index in [1.165, 1.54) is 0 Å². The summed E-state index contributed by atoms with van der Waals surface area (Å²) in [5.74, 6) is 0. The van der Waals surface area contributed by atoms with E-state index < -0.39 is 0 Å². The zero-order valence-corrected chi connectivity index (χ0v) is 10.4. The van der Waals surface area contributed by atoms with Gasteiger partial charge >= 0.3 is 0 Å². The maximum atomic E-state index is 6.10. The summed E-state index contributed by atoms with van der Waals surface area (Å²) < 4.78 is 5.67. The van der Waals surface area contributed by atoms with E-state index in [2.05, 4.69) is 24.2 Å². The zero-order valence-electron chi connectivity index (χ0n) is 9.54. The third-order valence-corrected chi connectivity index (χ3v) is 3.97. The molecule has 2 N–H and O–H groups in total. The van der Waals surface area contributed by atoms with E-state index in [-0.39, 0.29) is 11.1 Å². The average molecular weight is 226 g/mol. The van der Waals surface area contributed by atoms with E-state index in [4.69, 9.17) is 10.5 Å². The fraction of sp³-hybridized carbons (Fsp3) is 0.727. The Bertz CT molecular complexity index is 355. The molecule has 0 bridgehead atoms. The molecule has 0 radical (unpaired) electrons. The average Bonchev–Trinajstić information content (AvgIpc) is 2.72. The fourth-order valence-corrected chi connectivity index (χ4v) is 2.60. The van der Waals surface area contributed by atoms with Gasteiger partial charge in [0.1, 0.15) is 10.6 Å². The van der Waals surface area contributed by atoms with Crippen molar-refractivity contribution in [2.24, 2.45) is 5.73 Å². The fourth-order valence-electron chi connectivity index (χ4n) is 1.59. The van der Waals surface area contributed by atoms with Crippen molar-refractivity contribution in [2.75, 3.05) is 6.61 Å². The van der Waals surface area contributed by atoms with E-state index in [1.807, 2.05) is 6.92 Å². The number of nitrogens with two attached hydrogens (primary N) is 1. The van der Waals surface area contributed by atoms with E-state index in [0.717, 1.165) is 23.5 Å². The highest BCUT2D eigenvalue weighted by atomic mass is 32.1. The smallest absolute Gasteiger partial charge is 0.124 e. The molecule has 0 amide bonds. The minimum Gasteiger partial charge on any atom is -0.369 e. The molecule has 0 unspecified atom stereocenters. The molecule has 1 aromatic rings. The molecule has 0 atom stereocenters. The second-order valence-corrected chi connectivity index (χ2v) is 5.50. The maximum Gasteiger partial charge on any atom is 0.124 e. The number of rotatable bonds is 4. The number of aromatic nitrogens is 1. The molecular weight excluding hydrogens is 208 g/mol. The second-order valence-electron chi connectivity index (χ2n) is 4.64. The molecule has 1 aliphatic rings. The summed E-state index contributed by atoms with van der Waals surface area (Å²) in [6.07, 6.45) is 2.12. The highest BCUT2D eigenvalue weighted by Gasteiger charge is 2.43. The van der Waals surface area contributed by atoms with Crippen LogP contribution in [0.1, 0.15) is 44.3 Å². The topological polar surface area (TPSA) is 48.1 Å². The van der Waals surface area contributed by atoms with Crippen LogP contribution in [0.3, 0.4) is 0 Å². The molecule has 15 heavy (non-hydrogen) atoms. The number of thiazole rings is 1. The second kappa shape index (κ2) is 3.54. The van der Waals surface area contributed by atoms with Crippen LogP contribution in [0, 0.1) is 0 Å². The Morgan fingerprint density at radius 1 is 1.60 bits per heavy atom. The molecule has 0 aliphatic heterocycles. The quantitative estimate of drug-likeness (QED) is 0.857. The molecule has 0 saturated heterocycles. The zero-order chi connectivity index (χ0) is 11.1. The standard InChI is InChI=1S/C11H18N2OS/c1-4-14-10(2,3)9-13-8(7-15-9)11(12)5-6-11/h7H,4-6,12H2,1-3H3. The lowest BCUT2D eigenvalue weighted by atomic mass is 10.1. The maximum absolute atomic E-state index is 6.10. The minimum atomic E-state index is -0.289. The molecular formula is C11H18N2OS. The summed E-state index contributed by atoms with van der Waals surface area (Å²) in [5.41, 5.74) is 6.72. The van der Waals surface area contributed by atoms with Crippen LogP contribution < -0.4 is 5.73 Å². The highest BCUT2D eigenvalue weighted by Crippen LogP contribution is 2.43. The molecule has 84 valence electrons. The Morgan fingerprint density at radius 3 is 2.80 bits per heavy atom. The Morgan fingerprint density at radius 2 is 2.27 bits per heavy atom. The molecule has 1 aromatic heterocycles. The first-order valence-electron chi connectivity index (χ1n) is 5.37. The molecule has 1 aliphatic carbocycles. The van der Waals surface area contributed by atoms with Gasteiger partial charge < -0.3 is 10.5 Å². The predicted molar refractivity (Wildman–Crippen MR) is 61.9 cm³/mol. The van der Waals surface area contributed by atoms with E-state index in [9.17, 15) is 0 Å². The van der Waals surface area contributed by atoms with E-state index in [1.54, 1.807) is 11.3 Å². The third-order valence-electron chi connectivity index (χ3n) is 2.82. The van der Waals surface area contributed by atoms with Crippen molar-refractivity contribution in [2.45, 2.75) is 44.8 Å². The van der Waals surface area contributed by atoms with Crippen molar-refractivity contribution in [3.8, 4) is 0 Å². The normalized spacial score (nSPS) is 19.2. The molecule has 1 saturated carbocycles. The number of ether oxygens (including phenoxy) is 1. The van der Waals surface area contributed by atoms with Crippen LogP contribution in [-0.2, 0) is 15.9 Å². The first-order chi connectivity index (χ1) is 6.98. The molecule has 0 aromatic carbocycles. The highest BCUT2D eigenvalue weighted by molar-refractivity contribution is 7.09. The van der Waals surface area contributed by atoms with Gasteiger partial charge in [0.2, 0.25) is 0 Å². The number of nitrogens with zero attached hydrogens (tertiary/aromatic N) is 1. The minimum absolute atomic E-state index is 0.128. The van der Waals surface area contributed by atoms with Crippen molar-refractivity contribution < 1.29 is 4.74 Å². The lowest BCUT2D eigenvalue weighted by molar-refractivity contribution is -0.0142. The van der Waals surface area contributed by atoms with Gasteiger partial charge in [-0.05, 0) is 33.6 Å². The Labute approximate surface area is 94.7 Å². The van der Waals surface area contributed by atoms with Gasteiger partial charge in [-0.1, -0.05) is 0 Å². The van der Waals surface area contributed by atoms with Crippen molar-refractivity contribution in [1.29, 1.82) is 0 Å². The monoisotopic (exact) mass is 226 g/mol. The molecule has 2 rings (SSSR count). The van der Waals surface area contributed by atoms with Crippen molar-refractivity contribution in [3.63, 3.8) is 0 Å². The SMILES string of the molecule is CCOC(C)(C)c1nc(C2(N)CC2)cs1. The number of hydrogen-bond acceptors (Lipinski definition) is 4. The molecule has 0 spiro atoms. The summed E-state index contributed by atoms with van der Waals surface area (Å²) in [5, 5.41) is 3.10. The van der Waals surface area contributed by atoms with Gasteiger partial charge in [0, 0.05) is 12.0 Å². The van der Waals surface area contributed by atoms with E-state index >= 15 is 0 Å². The lowest BCUT2D eigenvalue weighted by Crippen LogP contribution is -2.23. The summed E-state index contributed by atoms with van der Waals surface area (Å²) in [7, 11) is 0. The van der Waals surface area contributed by atoms with Gasteiger partial charge in [-0.15, -0.1) is 11.3 Å². The van der Waals surface area contributed by atoms with Gasteiger partial charge in [0.15, 0.2) is 0 Å². The van der Waals surface area contributed by atoms with E-state index in [0.29, 0.717) is 6.61 Å². The van der Waals surface area contributed by atoms with Crippen LogP contribution in [0.4, 0.5) is 0 Å². The summed E-state index contributed by atoms with van der Waals surface area (Å²) >= 11 is 1.65. The van der Waals surface area contributed by atoms with Crippen LogP contribution in [0.15, 0.2) is 5.38 Å². The number of hydrogen-bond donors (Lipinski definition) is 1. The van der Waals surface area contributed by atoms with Crippen LogP contribution in [0.2, 0.25) is 0 Å². The Balaban J connectivity index is 2.19.